The predicted octanol–water partition coefficient (Wildman–Crippen LogP) is 6.04. The largest absolute Gasteiger partial charge is 0.306 e. The van der Waals surface area contributed by atoms with Crippen LogP contribution < -0.4 is 0 Å². The number of benzene rings is 2. The minimum Gasteiger partial charge on any atom is -0.306 e. The maximum Gasteiger partial charge on any atom is 0.0409 e. The maximum atomic E-state index is 6.41. The second-order valence-corrected chi connectivity index (χ2v) is 7.87. The van der Waals surface area contributed by atoms with Crippen LogP contribution >= 0.6 is 24.0 Å². The van der Waals surface area contributed by atoms with Crippen molar-refractivity contribution < 1.29 is 0 Å². The molecule has 132 valence electrons. The minimum absolute atomic E-state index is 0. The molecule has 0 heterocycles. The van der Waals surface area contributed by atoms with Crippen LogP contribution in [-0.4, -0.2) is 25.0 Å². The van der Waals surface area contributed by atoms with Crippen molar-refractivity contribution in [3.63, 3.8) is 0 Å². The Morgan fingerprint density at radius 3 is 2.24 bits per heavy atom. The van der Waals surface area contributed by atoms with Crippen molar-refractivity contribution in [1.29, 1.82) is 0 Å². The fourth-order valence-corrected chi connectivity index (χ4v) is 4.81. The van der Waals surface area contributed by atoms with Crippen LogP contribution in [0.4, 0.5) is 0 Å². The van der Waals surface area contributed by atoms with Gasteiger partial charge in [0, 0.05) is 16.5 Å². The van der Waals surface area contributed by atoms with Gasteiger partial charge in [-0.25, -0.2) is 0 Å². The highest BCUT2D eigenvalue weighted by molar-refractivity contribution is 6.30. The van der Waals surface area contributed by atoms with Gasteiger partial charge in [-0.2, -0.15) is 0 Å². The SMILES string of the molecule is CN(C)C1CCC2(CC1)c1ccccc1C=Cc1ccc(Cl)cc12.Cl. The summed E-state index contributed by atoms with van der Waals surface area (Å²) < 4.78 is 0. The summed E-state index contributed by atoms with van der Waals surface area (Å²) in [5.41, 5.74) is 5.65. The molecule has 0 radical (unpaired) electrons. The molecule has 3 heteroatoms. The van der Waals surface area contributed by atoms with Crippen molar-refractivity contribution in [3.8, 4) is 0 Å². The molecule has 0 saturated heterocycles. The molecule has 0 aromatic heterocycles. The molecule has 1 saturated carbocycles. The van der Waals surface area contributed by atoms with Crippen molar-refractivity contribution in [2.75, 3.05) is 14.1 Å². The number of fused-ring (bicyclic) bond motifs is 4. The second-order valence-electron chi connectivity index (χ2n) is 7.43. The number of halogens is 2. The summed E-state index contributed by atoms with van der Waals surface area (Å²) in [5.74, 6) is 0. The van der Waals surface area contributed by atoms with E-state index in [0.717, 1.165) is 5.02 Å². The predicted molar refractivity (Wildman–Crippen MR) is 111 cm³/mol. The molecule has 2 aliphatic rings. The molecule has 4 rings (SSSR count). The lowest BCUT2D eigenvalue weighted by molar-refractivity contribution is 0.189. The Balaban J connectivity index is 0.00000182. The van der Waals surface area contributed by atoms with Crippen LogP contribution in [0.25, 0.3) is 12.2 Å². The molecule has 0 unspecified atom stereocenters. The first-order valence-electron chi connectivity index (χ1n) is 8.84. The van der Waals surface area contributed by atoms with Crippen molar-refractivity contribution in [1.82, 2.24) is 4.90 Å². The van der Waals surface area contributed by atoms with Crippen molar-refractivity contribution in [2.45, 2.75) is 37.1 Å². The highest BCUT2D eigenvalue weighted by Gasteiger charge is 2.41. The number of nitrogens with zero attached hydrogens (tertiary/aromatic N) is 1. The summed E-state index contributed by atoms with van der Waals surface area (Å²) in [6.45, 7) is 0. The zero-order chi connectivity index (χ0) is 16.7. The second kappa shape index (κ2) is 7.15. The van der Waals surface area contributed by atoms with Crippen LogP contribution in [0.2, 0.25) is 5.02 Å². The average Bonchev–Trinajstić information content (AvgIpc) is 2.72. The van der Waals surface area contributed by atoms with E-state index in [0.29, 0.717) is 6.04 Å². The quantitative estimate of drug-likeness (QED) is 0.589. The Morgan fingerprint density at radius 1 is 0.920 bits per heavy atom. The van der Waals surface area contributed by atoms with E-state index in [1.165, 1.54) is 47.9 Å². The lowest BCUT2D eigenvalue weighted by Gasteiger charge is -2.44. The molecule has 0 atom stereocenters. The van der Waals surface area contributed by atoms with E-state index >= 15 is 0 Å². The standard InChI is InChI=1S/C22H24ClN.ClH/c1-24(2)19-11-13-22(14-12-19)20-6-4-3-5-16(20)7-8-17-9-10-18(23)15-21(17)22;/h3-10,15,19H,11-14H2,1-2H3;1H. The van der Waals surface area contributed by atoms with Crippen LogP contribution in [0.3, 0.4) is 0 Å². The van der Waals surface area contributed by atoms with Gasteiger partial charge in [0.25, 0.3) is 0 Å². The van der Waals surface area contributed by atoms with Gasteiger partial charge in [0.15, 0.2) is 0 Å². The molecule has 0 bridgehead atoms. The molecule has 1 spiro atoms. The van der Waals surface area contributed by atoms with E-state index in [-0.39, 0.29) is 17.8 Å². The normalized spacial score (nSPS) is 24.4. The number of hydrogen-bond donors (Lipinski definition) is 0. The molecular weight excluding hydrogens is 349 g/mol. The lowest BCUT2D eigenvalue weighted by atomic mass is 9.63. The minimum atomic E-state index is 0. The van der Waals surface area contributed by atoms with Crippen molar-refractivity contribution in [3.05, 3.63) is 69.7 Å². The fourth-order valence-electron chi connectivity index (χ4n) is 4.64. The highest BCUT2D eigenvalue weighted by Crippen LogP contribution is 2.50. The molecule has 2 aromatic rings. The zero-order valence-electron chi connectivity index (χ0n) is 14.8. The monoisotopic (exact) mass is 373 g/mol. The summed E-state index contributed by atoms with van der Waals surface area (Å²) in [6.07, 6.45) is 9.36. The van der Waals surface area contributed by atoms with Gasteiger partial charge in [-0.05, 0) is 74.2 Å². The molecular formula is C22H25Cl2N. The van der Waals surface area contributed by atoms with E-state index < -0.39 is 0 Å². The third-order valence-corrected chi connectivity index (χ3v) is 6.22. The van der Waals surface area contributed by atoms with Gasteiger partial charge >= 0.3 is 0 Å². The Bertz CT molecular complexity index is 786. The van der Waals surface area contributed by atoms with Crippen LogP contribution in [0.15, 0.2) is 42.5 Å². The fraction of sp³-hybridized carbons (Fsp3) is 0.364. The molecule has 0 N–H and O–H groups in total. The third kappa shape index (κ3) is 3.14. The lowest BCUT2D eigenvalue weighted by Crippen LogP contribution is -2.40. The highest BCUT2D eigenvalue weighted by atomic mass is 35.5. The molecule has 1 nitrogen and oxygen atoms in total. The Hall–Kier alpha value is -1.28. The van der Waals surface area contributed by atoms with E-state index in [1.54, 1.807) is 0 Å². The maximum absolute atomic E-state index is 6.41. The van der Waals surface area contributed by atoms with Gasteiger partial charge in [-0.1, -0.05) is 54.1 Å². The summed E-state index contributed by atoms with van der Waals surface area (Å²) in [6, 6.07) is 16.0. The van der Waals surface area contributed by atoms with E-state index in [2.05, 4.69) is 67.5 Å². The molecule has 1 fully saturated rings. The first-order valence-corrected chi connectivity index (χ1v) is 9.22. The molecule has 0 aliphatic heterocycles. The topological polar surface area (TPSA) is 3.24 Å². The summed E-state index contributed by atoms with van der Waals surface area (Å²) in [5, 5.41) is 0.843. The van der Waals surface area contributed by atoms with Gasteiger partial charge in [0.1, 0.15) is 0 Å². The number of rotatable bonds is 1. The molecule has 2 aromatic carbocycles. The van der Waals surface area contributed by atoms with Gasteiger partial charge in [-0.3, -0.25) is 0 Å². The summed E-state index contributed by atoms with van der Waals surface area (Å²) in [4.78, 5) is 2.38. The Morgan fingerprint density at radius 2 is 1.56 bits per heavy atom. The Kier molecular flexibility index (Phi) is 5.29. The zero-order valence-corrected chi connectivity index (χ0v) is 16.4. The van der Waals surface area contributed by atoms with Crippen LogP contribution in [-0.2, 0) is 5.41 Å². The Labute approximate surface area is 162 Å². The van der Waals surface area contributed by atoms with Crippen LogP contribution in [0, 0.1) is 0 Å². The summed E-state index contributed by atoms with van der Waals surface area (Å²) in [7, 11) is 4.41. The third-order valence-electron chi connectivity index (χ3n) is 5.99. The van der Waals surface area contributed by atoms with Crippen molar-refractivity contribution in [2.24, 2.45) is 0 Å². The molecule has 25 heavy (non-hydrogen) atoms. The van der Waals surface area contributed by atoms with Gasteiger partial charge in [0.05, 0.1) is 0 Å². The average molecular weight is 374 g/mol. The van der Waals surface area contributed by atoms with Crippen molar-refractivity contribution >= 4 is 36.2 Å². The molecule has 0 amide bonds. The van der Waals surface area contributed by atoms with Gasteiger partial charge < -0.3 is 4.90 Å². The summed E-state index contributed by atoms with van der Waals surface area (Å²) >= 11 is 6.41. The smallest absolute Gasteiger partial charge is 0.0409 e. The van der Waals surface area contributed by atoms with Gasteiger partial charge in [0.2, 0.25) is 0 Å². The van der Waals surface area contributed by atoms with Gasteiger partial charge in [-0.15, -0.1) is 12.4 Å². The number of hydrogen-bond acceptors (Lipinski definition) is 1. The first kappa shape index (κ1) is 18.5. The van der Waals surface area contributed by atoms with E-state index in [9.17, 15) is 0 Å². The van der Waals surface area contributed by atoms with Crippen LogP contribution in [0.5, 0.6) is 0 Å². The first-order chi connectivity index (χ1) is 11.6. The molecule has 2 aliphatic carbocycles. The van der Waals surface area contributed by atoms with Crippen LogP contribution in [0.1, 0.15) is 47.9 Å². The van der Waals surface area contributed by atoms with E-state index in [4.69, 9.17) is 11.6 Å². The van der Waals surface area contributed by atoms with E-state index in [1.807, 2.05) is 6.07 Å².